The minimum Gasteiger partial charge on any atom is -0.497 e. The molecular formula is C20H32O5Si. The van der Waals surface area contributed by atoms with E-state index in [4.69, 9.17) is 19.0 Å². The lowest BCUT2D eigenvalue weighted by atomic mass is 10.2. The predicted molar refractivity (Wildman–Crippen MR) is 106 cm³/mol. The molecule has 1 aromatic carbocycles. The number of hydrogen-bond donors (Lipinski definition) is 1. The van der Waals surface area contributed by atoms with Crippen molar-refractivity contribution in [1.82, 2.24) is 0 Å². The third-order valence-electron chi connectivity index (χ3n) is 4.78. The van der Waals surface area contributed by atoms with Gasteiger partial charge in [0.05, 0.1) is 19.8 Å². The van der Waals surface area contributed by atoms with Crippen LogP contribution in [-0.4, -0.2) is 38.7 Å². The predicted octanol–water partition coefficient (Wildman–Crippen LogP) is 4.63. The molecule has 26 heavy (non-hydrogen) atoms. The van der Waals surface area contributed by atoms with Gasteiger partial charge >= 0.3 is 5.97 Å². The summed E-state index contributed by atoms with van der Waals surface area (Å²) in [4.78, 5) is 10.9. The van der Waals surface area contributed by atoms with Crippen molar-refractivity contribution >= 4 is 14.3 Å². The molecule has 0 unspecified atom stereocenters. The summed E-state index contributed by atoms with van der Waals surface area (Å²) in [7, 11) is -0.362. The second-order valence-corrected chi connectivity index (χ2v) is 12.7. The highest BCUT2D eigenvalue weighted by atomic mass is 28.4. The summed E-state index contributed by atoms with van der Waals surface area (Å²) in [5, 5.41) is 9.03. The van der Waals surface area contributed by atoms with Crippen LogP contribution in [0.3, 0.4) is 0 Å². The van der Waals surface area contributed by atoms with Gasteiger partial charge in [0.2, 0.25) is 0 Å². The zero-order valence-corrected chi connectivity index (χ0v) is 17.9. The Balaban J connectivity index is 2.84. The number of rotatable bonds is 9. The van der Waals surface area contributed by atoms with Gasteiger partial charge in [0.1, 0.15) is 11.9 Å². The van der Waals surface area contributed by atoms with Crippen molar-refractivity contribution in [2.45, 2.75) is 64.6 Å². The van der Waals surface area contributed by atoms with Crippen molar-refractivity contribution < 1.29 is 23.8 Å². The second-order valence-electron chi connectivity index (χ2n) is 7.90. The van der Waals surface area contributed by atoms with Gasteiger partial charge < -0.3 is 19.0 Å². The molecule has 0 amide bonds. The molecule has 6 heteroatoms. The lowest BCUT2D eigenvalue weighted by molar-refractivity contribution is -0.131. The van der Waals surface area contributed by atoms with E-state index in [1.165, 1.54) is 0 Å². The maximum Gasteiger partial charge on any atom is 0.328 e. The molecule has 0 fully saturated rings. The van der Waals surface area contributed by atoms with Crippen LogP contribution in [0.25, 0.3) is 0 Å². The number of methoxy groups -OCH3 is 1. The number of hydrogen-bond acceptors (Lipinski definition) is 4. The quantitative estimate of drug-likeness (QED) is 0.500. The Morgan fingerprint density at radius 2 is 1.81 bits per heavy atom. The fourth-order valence-corrected chi connectivity index (χ4v) is 3.56. The van der Waals surface area contributed by atoms with Crippen molar-refractivity contribution in [3.63, 3.8) is 0 Å². The maximum atomic E-state index is 10.9. The van der Waals surface area contributed by atoms with E-state index in [9.17, 15) is 4.79 Å². The van der Waals surface area contributed by atoms with Crippen LogP contribution in [0, 0.1) is 0 Å². The summed E-state index contributed by atoms with van der Waals surface area (Å²) < 4.78 is 17.5. The van der Waals surface area contributed by atoms with E-state index in [2.05, 4.69) is 33.9 Å². The largest absolute Gasteiger partial charge is 0.497 e. The van der Waals surface area contributed by atoms with Gasteiger partial charge in [-0.05, 0) is 48.8 Å². The van der Waals surface area contributed by atoms with Crippen molar-refractivity contribution in [1.29, 1.82) is 0 Å². The van der Waals surface area contributed by atoms with Crippen molar-refractivity contribution in [2.75, 3.05) is 7.11 Å². The van der Waals surface area contributed by atoms with E-state index >= 15 is 0 Å². The maximum absolute atomic E-state index is 10.9. The smallest absolute Gasteiger partial charge is 0.328 e. The fourth-order valence-electron chi connectivity index (χ4n) is 2.15. The van der Waals surface area contributed by atoms with Gasteiger partial charge in [-0.1, -0.05) is 32.9 Å². The molecule has 0 saturated carbocycles. The van der Waals surface area contributed by atoms with Crippen LogP contribution in [0.5, 0.6) is 5.75 Å². The van der Waals surface area contributed by atoms with E-state index in [0.29, 0.717) is 6.61 Å². The first-order valence-electron chi connectivity index (χ1n) is 8.80. The molecule has 0 aliphatic rings. The molecule has 1 N–H and O–H groups in total. The normalized spacial score (nSPS) is 15.0. The molecular weight excluding hydrogens is 348 g/mol. The van der Waals surface area contributed by atoms with Crippen LogP contribution in [0.1, 0.15) is 33.3 Å². The fraction of sp³-hybridized carbons (Fsp3) is 0.550. The van der Waals surface area contributed by atoms with Crippen LogP contribution in [0.15, 0.2) is 36.4 Å². The highest BCUT2D eigenvalue weighted by Gasteiger charge is 2.39. The van der Waals surface area contributed by atoms with E-state index in [0.717, 1.165) is 17.4 Å². The summed E-state index contributed by atoms with van der Waals surface area (Å²) in [6.07, 6.45) is 1.99. The van der Waals surface area contributed by atoms with Crippen molar-refractivity contribution in [3.8, 4) is 5.75 Å². The van der Waals surface area contributed by atoms with Crippen molar-refractivity contribution in [2.24, 2.45) is 0 Å². The second kappa shape index (κ2) is 9.35. The highest BCUT2D eigenvalue weighted by molar-refractivity contribution is 6.74. The van der Waals surface area contributed by atoms with E-state index < -0.39 is 20.4 Å². The van der Waals surface area contributed by atoms with E-state index in [-0.39, 0.29) is 11.1 Å². The van der Waals surface area contributed by atoms with E-state index in [1.807, 2.05) is 31.2 Å². The van der Waals surface area contributed by atoms with Gasteiger partial charge in [-0.15, -0.1) is 0 Å². The Morgan fingerprint density at radius 1 is 1.23 bits per heavy atom. The van der Waals surface area contributed by atoms with Crippen molar-refractivity contribution in [3.05, 3.63) is 42.0 Å². The Hall–Kier alpha value is -1.63. The molecule has 5 nitrogen and oxygen atoms in total. The monoisotopic (exact) mass is 380 g/mol. The Labute approximate surface area is 158 Å². The summed E-state index contributed by atoms with van der Waals surface area (Å²) >= 11 is 0. The van der Waals surface area contributed by atoms with Gasteiger partial charge in [0.25, 0.3) is 0 Å². The zero-order valence-electron chi connectivity index (χ0n) is 16.9. The number of carboxylic acids is 1. The Kier molecular flexibility index (Phi) is 8.05. The SMILES string of the molecule is COc1ccc(CO[C@H](/C=C/C(=O)O)[C@H](C)O[Si](C)(C)C(C)(C)C)cc1. The minimum atomic E-state index is -1.99. The highest BCUT2D eigenvalue weighted by Crippen LogP contribution is 2.37. The summed E-state index contributed by atoms with van der Waals surface area (Å²) in [6, 6.07) is 7.60. The molecule has 1 rings (SSSR count). The van der Waals surface area contributed by atoms with E-state index in [1.54, 1.807) is 13.2 Å². The van der Waals surface area contributed by atoms with Crippen LogP contribution in [-0.2, 0) is 20.6 Å². The number of carboxylic acid groups (broad SMARTS) is 1. The summed E-state index contributed by atoms with van der Waals surface area (Å²) in [5.41, 5.74) is 0.985. The minimum absolute atomic E-state index is 0.0678. The van der Waals surface area contributed by atoms with Gasteiger partial charge in [0, 0.05) is 6.08 Å². The molecule has 2 atom stereocenters. The molecule has 1 aromatic rings. The van der Waals surface area contributed by atoms with Gasteiger partial charge in [-0.3, -0.25) is 0 Å². The molecule has 0 radical (unpaired) electrons. The standard InChI is InChI=1S/C20H32O5Si/c1-15(25-26(6,7)20(2,3)4)18(12-13-19(21)22)24-14-16-8-10-17(23-5)11-9-16/h8-13,15,18H,14H2,1-7H3,(H,21,22)/b13-12+/t15-,18+/m0/s1. The Bertz CT molecular complexity index is 602. The number of ether oxygens (including phenoxy) is 2. The Morgan fingerprint density at radius 3 is 2.27 bits per heavy atom. The first-order valence-corrected chi connectivity index (χ1v) is 11.7. The molecule has 0 spiro atoms. The molecule has 0 heterocycles. The summed E-state index contributed by atoms with van der Waals surface area (Å²) in [5.74, 6) is -0.215. The lowest BCUT2D eigenvalue weighted by Crippen LogP contribution is -2.46. The molecule has 0 bridgehead atoms. The zero-order chi connectivity index (χ0) is 20.0. The van der Waals surface area contributed by atoms with Crippen LogP contribution >= 0.6 is 0 Å². The number of benzene rings is 1. The molecule has 0 aliphatic carbocycles. The van der Waals surface area contributed by atoms with Gasteiger partial charge in [-0.2, -0.15) is 0 Å². The first kappa shape index (κ1) is 22.4. The molecule has 0 aromatic heterocycles. The van der Waals surface area contributed by atoms with Crippen LogP contribution in [0.4, 0.5) is 0 Å². The van der Waals surface area contributed by atoms with Crippen LogP contribution < -0.4 is 4.74 Å². The summed E-state index contributed by atoms with van der Waals surface area (Å²) in [6.45, 7) is 13.2. The lowest BCUT2D eigenvalue weighted by Gasteiger charge is -2.39. The molecule has 0 aliphatic heterocycles. The topological polar surface area (TPSA) is 65.0 Å². The van der Waals surface area contributed by atoms with Crippen LogP contribution in [0.2, 0.25) is 18.1 Å². The number of carbonyl (C=O) groups is 1. The average Bonchev–Trinajstić information content (AvgIpc) is 2.53. The average molecular weight is 381 g/mol. The third kappa shape index (κ3) is 6.94. The van der Waals surface area contributed by atoms with Gasteiger partial charge in [-0.25, -0.2) is 4.79 Å². The van der Waals surface area contributed by atoms with Gasteiger partial charge in [0.15, 0.2) is 8.32 Å². The molecule has 146 valence electrons. The number of aliphatic carboxylic acids is 1. The first-order chi connectivity index (χ1) is 12.0. The third-order valence-corrected chi connectivity index (χ3v) is 9.35. The molecule has 0 saturated heterocycles.